The van der Waals surface area contributed by atoms with E-state index in [0.29, 0.717) is 11.3 Å². The van der Waals surface area contributed by atoms with Crippen LogP contribution in [0.25, 0.3) is 5.76 Å². The molecule has 0 saturated carbocycles. The summed E-state index contributed by atoms with van der Waals surface area (Å²) in [5.74, 6) is -2.99. The van der Waals surface area contributed by atoms with Crippen molar-refractivity contribution in [1.29, 1.82) is 0 Å². The fourth-order valence-electron chi connectivity index (χ4n) is 3.82. The van der Waals surface area contributed by atoms with Gasteiger partial charge >= 0.3 is 0 Å². The first-order valence-corrected chi connectivity index (χ1v) is 9.68. The minimum absolute atomic E-state index is 0.133. The number of amides is 1. The maximum absolute atomic E-state index is 13.7. The van der Waals surface area contributed by atoms with Gasteiger partial charge < -0.3 is 5.11 Å². The molecule has 6 heteroatoms. The van der Waals surface area contributed by atoms with Crippen molar-refractivity contribution in [3.05, 3.63) is 106 Å². The minimum atomic E-state index is -0.966. The van der Waals surface area contributed by atoms with Crippen LogP contribution >= 0.6 is 0 Å². The van der Waals surface area contributed by atoms with Crippen LogP contribution in [0.3, 0.4) is 0 Å². The SMILES string of the molecule is Cc1cc(/C(O)=C2/C(=O)C(=O)N(c3ccccc3C)C2c2ccc(F)cc2)ccc1F. The highest BCUT2D eigenvalue weighted by molar-refractivity contribution is 6.51. The molecule has 1 fully saturated rings. The Hall–Kier alpha value is -3.80. The van der Waals surface area contributed by atoms with E-state index in [0.717, 1.165) is 5.56 Å². The van der Waals surface area contributed by atoms with E-state index in [4.69, 9.17) is 0 Å². The molecule has 4 nitrogen and oxygen atoms in total. The van der Waals surface area contributed by atoms with Gasteiger partial charge in [0.1, 0.15) is 17.4 Å². The lowest BCUT2D eigenvalue weighted by molar-refractivity contribution is -0.132. The van der Waals surface area contributed by atoms with Crippen LogP contribution in [-0.4, -0.2) is 16.8 Å². The van der Waals surface area contributed by atoms with Crippen LogP contribution in [0.15, 0.2) is 72.3 Å². The Balaban J connectivity index is 1.97. The van der Waals surface area contributed by atoms with Crippen molar-refractivity contribution >= 4 is 23.1 Å². The Bertz CT molecular complexity index is 1230. The molecule has 1 aliphatic heterocycles. The van der Waals surface area contributed by atoms with Crippen LogP contribution in [0.5, 0.6) is 0 Å². The highest BCUT2D eigenvalue weighted by atomic mass is 19.1. The maximum Gasteiger partial charge on any atom is 0.300 e. The van der Waals surface area contributed by atoms with Gasteiger partial charge in [0.05, 0.1) is 11.6 Å². The summed E-state index contributed by atoms with van der Waals surface area (Å²) in [6.45, 7) is 3.34. The van der Waals surface area contributed by atoms with Crippen LogP contribution in [-0.2, 0) is 9.59 Å². The minimum Gasteiger partial charge on any atom is -0.507 e. The van der Waals surface area contributed by atoms with Gasteiger partial charge in [0, 0.05) is 11.3 Å². The van der Waals surface area contributed by atoms with Gasteiger partial charge in [0.2, 0.25) is 0 Å². The van der Waals surface area contributed by atoms with Crippen molar-refractivity contribution in [2.75, 3.05) is 4.90 Å². The number of aryl methyl sites for hydroxylation is 2. The Labute approximate surface area is 178 Å². The summed E-state index contributed by atoms with van der Waals surface area (Å²) in [6.07, 6.45) is 0. The van der Waals surface area contributed by atoms with Crippen LogP contribution in [0.1, 0.15) is 28.3 Å². The lowest BCUT2D eigenvalue weighted by Gasteiger charge is -2.26. The molecule has 1 atom stereocenters. The van der Waals surface area contributed by atoms with Crippen molar-refractivity contribution in [3.8, 4) is 0 Å². The second kappa shape index (κ2) is 7.80. The zero-order valence-corrected chi connectivity index (χ0v) is 16.9. The van der Waals surface area contributed by atoms with Crippen LogP contribution in [0.4, 0.5) is 14.5 Å². The van der Waals surface area contributed by atoms with Crippen LogP contribution in [0.2, 0.25) is 0 Å². The fourth-order valence-corrected chi connectivity index (χ4v) is 3.82. The molecule has 1 N–H and O–H groups in total. The van der Waals surface area contributed by atoms with Crippen molar-refractivity contribution < 1.29 is 23.5 Å². The quantitative estimate of drug-likeness (QED) is 0.360. The molecule has 31 heavy (non-hydrogen) atoms. The van der Waals surface area contributed by atoms with Crippen molar-refractivity contribution in [1.82, 2.24) is 0 Å². The molecule has 0 spiro atoms. The summed E-state index contributed by atoms with van der Waals surface area (Å²) in [4.78, 5) is 27.4. The van der Waals surface area contributed by atoms with Gasteiger partial charge in [-0.05, 0) is 66.9 Å². The third kappa shape index (κ3) is 3.50. The van der Waals surface area contributed by atoms with Crippen LogP contribution in [0, 0.1) is 25.5 Å². The summed E-state index contributed by atoms with van der Waals surface area (Å²) in [7, 11) is 0. The molecule has 0 aromatic heterocycles. The molecule has 1 amide bonds. The lowest BCUT2D eigenvalue weighted by atomic mass is 9.94. The van der Waals surface area contributed by atoms with Gasteiger partial charge in [-0.2, -0.15) is 0 Å². The van der Waals surface area contributed by atoms with Crippen molar-refractivity contribution in [3.63, 3.8) is 0 Å². The fraction of sp³-hybridized carbons (Fsp3) is 0.120. The molecule has 1 unspecified atom stereocenters. The highest BCUT2D eigenvalue weighted by Gasteiger charge is 2.47. The third-order valence-corrected chi connectivity index (χ3v) is 5.44. The number of carbonyl (C=O) groups is 2. The first kappa shape index (κ1) is 20.5. The smallest absolute Gasteiger partial charge is 0.300 e. The molecule has 3 aromatic carbocycles. The summed E-state index contributed by atoms with van der Waals surface area (Å²) in [6, 6.07) is 15.5. The van der Waals surface area contributed by atoms with E-state index in [2.05, 4.69) is 0 Å². The summed E-state index contributed by atoms with van der Waals surface area (Å²) < 4.78 is 27.3. The average molecular weight is 419 g/mol. The van der Waals surface area contributed by atoms with E-state index in [-0.39, 0.29) is 16.7 Å². The largest absolute Gasteiger partial charge is 0.507 e. The van der Waals surface area contributed by atoms with E-state index in [1.807, 2.05) is 6.07 Å². The molecule has 0 aliphatic carbocycles. The topological polar surface area (TPSA) is 57.6 Å². The zero-order chi connectivity index (χ0) is 22.3. The number of carbonyl (C=O) groups excluding carboxylic acids is 2. The number of halogens is 2. The molecule has 156 valence electrons. The number of hydrogen-bond donors (Lipinski definition) is 1. The lowest BCUT2D eigenvalue weighted by Crippen LogP contribution is -2.30. The van der Waals surface area contributed by atoms with E-state index in [9.17, 15) is 23.5 Å². The van der Waals surface area contributed by atoms with Crippen molar-refractivity contribution in [2.45, 2.75) is 19.9 Å². The Morgan fingerprint density at radius 1 is 0.903 bits per heavy atom. The molecule has 3 aromatic rings. The predicted octanol–water partition coefficient (Wildman–Crippen LogP) is 5.21. The number of para-hydroxylation sites is 1. The number of benzene rings is 3. The molecule has 1 saturated heterocycles. The van der Waals surface area contributed by atoms with Gasteiger partial charge in [-0.1, -0.05) is 30.3 Å². The molecule has 0 radical (unpaired) electrons. The number of aliphatic hydroxyl groups excluding tert-OH is 1. The number of aliphatic hydroxyl groups is 1. The average Bonchev–Trinajstić information content (AvgIpc) is 3.01. The number of Topliss-reactive ketones (excluding diaryl/α,β-unsaturated/α-hetero) is 1. The molecule has 0 bridgehead atoms. The second-order valence-electron chi connectivity index (χ2n) is 7.47. The molecular formula is C25H19F2NO3. The van der Waals surface area contributed by atoms with E-state index in [1.165, 1.54) is 54.3 Å². The van der Waals surface area contributed by atoms with Crippen molar-refractivity contribution in [2.24, 2.45) is 0 Å². The molecule has 4 rings (SSSR count). The van der Waals surface area contributed by atoms with Gasteiger partial charge in [-0.25, -0.2) is 8.78 Å². The van der Waals surface area contributed by atoms with Gasteiger partial charge in [0.25, 0.3) is 11.7 Å². The van der Waals surface area contributed by atoms with E-state index < -0.39 is 35.1 Å². The van der Waals surface area contributed by atoms with Gasteiger partial charge in [-0.3, -0.25) is 14.5 Å². The summed E-state index contributed by atoms with van der Waals surface area (Å²) in [5, 5.41) is 11.0. The number of ketones is 1. The van der Waals surface area contributed by atoms with E-state index >= 15 is 0 Å². The van der Waals surface area contributed by atoms with E-state index in [1.54, 1.807) is 25.1 Å². The maximum atomic E-state index is 13.7. The van der Waals surface area contributed by atoms with Gasteiger partial charge in [-0.15, -0.1) is 0 Å². The normalized spacial score (nSPS) is 17.9. The summed E-state index contributed by atoms with van der Waals surface area (Å²) >= 11 is 0. The molecular weight excluding hydrogens is 400 g/mol. The number of nitrogens with zero attached hydrogens (tertiary/aromatic N) is 1. The van der Waals surface area contributed by atoms with Crippen LogP contribution < -0.4 is 4.90 Å². The first-order chi connectivity index (χ1) is 14.8. The molecule has 1 aliphatic rings. The Kier molecular flexibility index (Phi) is 5.15. The third-order valence-electron chi connectivity index (χ3n) is 5.44. The number of rotatable bonds is 3. The molecule has 1 heterocycles. The highest BCUT2D eigenvalue weighted by Crippen LogP contribution is 2.43. The van der Waals surface area contributed by atoms with Gasteiger partial charge in [0.15, 0.2) is 0 Å². The summed E-state index contributed by atoms with van der Waals surface area (Å²) in [5.41, 5.74) is 2.10. The second-order valence-corrected chi connectivity index (χ2v) is 7.47. The number of hydrogen-bond acceptors (Lipinski definition) is 3. The monoisotopic (exact) mass is 419 g/mol. The number of anilines is 1. The predicted molar refractivity (Wildman–Crippen MR) is 113 cm³/mol. The first-order valence-electron chi connectivity index (χ1n) is 9.68. The Morgan fingerprint density at radius 2 is 1.58 bits per heavy atom. The zero-order valence-electron chi connectivity index (χ0n) is 16.9. The standard InChI is InChI=1S/C25H19F2NO3/c1-14-5-3-4-6-20(14)28-22(16-7-10-18(26)11-8-16)21(24(30)25(28)31)23(29)17-9-12-19(27)15(2)13-17/h3-13,22,29H,1-2H3/b23-21-. The Morgan fingerprint density at radius 3 is 2.23 bits per heavy atom.